The van der Waals surface area contributed by atoms with E-state index in [2.05, 4.69) is 0 Å². The normalized spacial score (nSPS) is 7.58. The summed E-state index contributed by atoms with van der Waals surface area (Å²) in [6.07, 6.45) is 0. The van der Waals surface area contributed by atoms with Gasteiger partial charge in [-0.3, -0.25) is 0 Å². The van der Waals surface area contributed by atoms with Crippen LogP contribution in [0.4, 0.5) is 0 Å². The second-order valence-electron chi connectivity index (χ2n) is 1.22. The van der Waals surface area contributed by atoms with Gasteiger partial charge in [0, 0.05) is 173 Å². The van der Waals surface area contributed by atoms with Crippen LogP contribution in [0.2, 0.25) is 0 Å². The van der Waals surface area contributed by atoms with Crippen molar-refractivity contribution >= 4 is 173 Å². The zero-order valence-corrected chi connectivity index (χ0v) is 23.3. The van der Waals surface area contributed by atoms with Crippen LogP contribution in [-0.2, 0) is 173 Å². The lowest BCUT2D eigenvalue weighted by atomic mass is 30.7. The molecule has 0 aliphatic carbocycles. The lowest BCUT2D eigenvalue weighted by Crippen LogP contribution is -1.41. The topological polar surface area (TPSA) is 0 Å². The molecule has 0 spiro atoms. The fourth-order valence-corrected chi connectivity index (χ4v) is 41.3. The Morgan fingerprint density at radius 3 is 1.11 bits per heavy atom. The predicted octanol–water partition coefficient (Wildman–Crippen LogP) is -0.0456. The molecule has 0 nitrogen and oxygen atoms in total. The summed E-state index contributed by atoms with van der Waals surface area (Å²) in [5.41, 5.74) is 0. The van der Waals surface area contributed by atoms with E-state index in [9.17, 15) is 0 Å². The van der Waals surface area contributed by atoms with Crippen molar-refractivity contribution in [3.63, 3.8) is 0 Å². The molecule has 0 N–H and O–H groups in total. The molecule has 0 aliphatic rings. The second kappa shape index (κ2) is 20.2. The fraction of sp³-hybridized carbons (Fsp3) is 0. The Labute approximate surface area is 169 Å². The molecular formula is S19. The van der Waals surface area contributed by atoms with E-state index in [0.717, 1.165) is 0 Å². The Morgan fingerprint density at radius 1 is 0.474 bits per heavy atom. The molecule has 0 amide bonds. The minimum atomic E-state index is -0.366. The lowest BCUT2D eigenvalue weighted by Gasteiger charge is -1.41. The molecule has 0 fully saturated rings. The van der Waals surface area contributed by atoms with Crippen molar-refractivity contribution in [1.82, 2.24) is 0 Å². The molecule has 19 heavy (non-hydrogen) atoms. The summed E-state index contributed by atoms with van der Waals surface area (Å²) in [6.45, 7) is -0.366. The maximum atomic E-state index is 4.90. The molecule has 0 atom stereocenters. The minimum Gasteiger partial charge on any atom is 0 e. The Morgan fingerprint density at radius 2 is 0.789 bits per heavy atom. The Bertz CT molecular complexity index is 1010. The van der Waals surface area contributed by atoms with E-state index in [4.69, 9.17) is 33.6 Å². The molecule has 0 aromatic heterocycles. The van der Waals surface area contributed by atoms with Gasteiger partial charge in [-0.1, -0.05) is 0 Å². The summed E-state index contributed by atoms with van der Waals surface area (Å²) < 4.78 is 0. The van der Waals surface area contributed by atoms with Crippen LogP contribution in [0.5, 0.6) is 0 Å². The maximum Gasteiger partial charge on any atom is 0 e. The SMILES string of the molecule is S=S=S=S=S=S=S=S=S=S=S=S=S=S=S=S=S(=S)=S. The van der Waals surface area contributed by atoms with Gasteiger partial charge in [0.1, 0.15) is 0 Å². The highest BCUT2D eigenvalue weighted by atomic mass is 33.5. The standard InChI is InChI=1S/S19/c1-4-5-6-7-8-9-10-11-12-13-14-15-16-17-18-19(2)3. The molecule has 19 heteroatoms. The third-order valence-corrected chi connectivity index (χ3v) is 36.0. The van der Waals surface area contributed by atoms with Crippen LogP contribution in [0.3, 0.4) is 0 Å². The molecular weight excluding hydrogens is 609 g/mol. The highest BCUT2D eigenvalue weighted by Gasteiger charge is 1.42. The Balaban J connectivity index is 5.83. The summed E-state index contributed by atoms with van der Waals surface area (Å²) >= 11 is 14.5. The van der Waals surface area contributed by atoms with E-state index < -0.39 is 0 Å². The summed E-state index contributed by atoms with van der Waals surface area (Å²) in [5, 5.41) is 0. The number of hydrogen-bond acceptors (Lipinski definition) is 3. The van der Waals surface area contributed by atoms with Crippen molar-refractivity contribution in [3.05, 3.63) is 0 Å². The monoisotopic (exact) mass is 607 g/mol. The van der Waals surface area contributed by atoms with Crippen molar-refractivity contribution in [2.75, 3.05) is 0 Å². The summed E-state index contributed by atoms with van der Waals surface area (Å²) in [4.78, 5) is 0. The summed E-state index contributed by atoms with van der Waals surface area (Å²) in [7, 11) is 25.5. The summed E-state index contributed by atoms with van der Waals surface area (Å²) in [6, 6.07) is 0. The van der Waals surface area contributed by atoms with E-state index in [-0.39, 0.29) is 6.57 Å². The van der Waals surface area contributed by atoms with Crippen LogP contribution in [0.25, 0.3) is 0 Å². The predicted molar refractivity (Wildman–Crippen MR) is 140 cm³/mol. The second-order valence-corrected chi connectivity index (χ2v) is 33.1. The van der Waals surface area contributed by atoms with Crippen LogP contribution < -0.4 is 0 Å². The number of hydrogen-bond donors (Lipinski definition) is 0. The van der Waals surface area contributed by atoms with Crippen molar-refractivity contribution in [1.29, 1.82) is 0 Å². The van der Waals surface area contributed by atoms with Crippen molar-refractivity contribution < 1.29 is 0 Å². The largest absolute Gasteiger partial charge is 0 e. The molecule has 0 heterocycles. The van der Waals surface area contributed by atoms with Crippen LogP contribution in [0.1, 0.15) is 0 Å². The van der Waals surface area contributed by atoms with Gasteiger partial charge in [0.05, 0.1) is 0 Å². The van der Waals surface area contributed by atoms with Crippen molar-refractivity contribution in [2.24, 2.45) is 0 Å². The van der Waals surface area contributed by atoms with Crippen LogP contribution >= 0.6 is 0 Å². The first-order valence-corrected chi connectivity index (χ1v) is 27.0. The van der Waals surface area contributed by atoms with E-state index in [1.54, 1.807) is 124 Å². The quantitative estimate of drug-likeness (QED) is 0.379. The lowest BCUT2D eigenvalue weighted by molar-refractivity contribution is 5.96. The molecule has 0 aromatic rings. The molecule has 114 valence electrons. The van der Waals surface area contributed by atoms with Gasteiger partial charge in [-0.2, -0.15) is 0 Å². The summed E-state index contributed by atoms with van der Waals surface area (Å²) in [5.74, 6) is 0. The van der Waals surface area contributed by atoms with E-state index in [0.29, 0.717) is 0 Å². The zero-order valence-electron chi connectivity index (χ0n) is 7.76. The van der Waals surface area contributed by atoms with Gasteiger partial charge in [-0.05, 0) is 0 Å². The van der Waals surface area contributed by atoms with Gasteiger partial charge in [0.15, 0.2) is 0 Å². The first-order chi connectivity index (χ1) is 9.27. The molecule has 0 aliphatic heterocycles. The minimum absolute atomic E-state index is 0.366. The van der Waals surface area contributed by atoms with Gasteiger partial charge in [-0.25, -0.2) is 0 Å². The third-order valence-electron chi connectivity index (χ3n) is 0.444. The van der Waals surface area contributed by atoms with Gasteiger partial charge in [0.25, 0.3) is 0 Å². The Hall–Kier alpha value is 4.18. The third kappa shape index (κ3) is 22.2. The average molecular weight is 609 g/mol. The van der Waals surface area contributed by atoms with E-state index >= 15 is 0 Å². The average Bonchev–Trinajstić information content (AvgIpc) is 2.39. The van der Waals surface area contributed by atoms with E-state index in [1.807, 2.05) is 0 Å². The highest BCUT2D eigenvalue weighted by Crippen LogP contribution is 1.42. The molecule has 0 aromatic carbocycles. The molecule has 0 radical (unpaired) electrons. The molecule has 0 bridgehead atoms. The van der Waals surface area contributed by atoms with Crippen molar-refractivity contribution in [3.8, 4) is 0 Å². The zero-order chi connectivity index (χ0) is 14.2. The molecule has 0 saturated heterocycles. The number of rotatable bonds is 0. The van der Waals surface area contributed by atoms with Crippen LogP contribution in [-0.4, -0.2) is 0 Å². The van der Waals surface area contributed by atoms with Gasteiger partial charge < -0.3 is 0 Å². The van der Waals surface area contributed by atoms with Gasteiger partial charge in [0.2, 0.25) is 0 Å². The van der Waals surface area contributed by atoms with Gasteiger partial charge in [-0.15, -0.1) is 0 Å². The molecule has 0 rings (SSSR count). The molecule has 0 unspecified atom stereocenters. The van der Waals surface area contributed by atoms with Crippen molar-refractivity contribution in [2.45, 2.75) is 0 Å². The Kier molecular flexibility index (Phi) is 24.7. The first-order valence-electron chi connectivity index (χ1n) is 3.00. The highest BCUT2D eigenvalue weighted by molar-refractivity contribution is 8.79. The van der Waals surface area contributed by atoms with Gasteiger partial charge >= 0.3 is 0 Å². The maximum absolute atomic E-state index is 4.90. The van der Waals surface area contributed by atoms with E-state index in [1.165, 1.54) is 8.88 Å². The van der Waals surface area contributed by atoms with Crippen LogP contribution in [0, 0.1) is 0 Å². The molecule has 0 saturated carbocycles. The van der Waals surface area contributed by atoms with Crippen LogP contribution in [0.15, 0.2) is 0 Å². The fourth-order valence-electron chi connectivity index (χ4n) is 0.170. The first kappa shape index (κ1) is 23.2. The smallest absolute Gasteiger partial charge is 0 e.